The number of anilines is 1. The van der Waals surface area contributed by atoms with Gasteiger partial charge in [0, 0.05) is 18.8 Å². The number of nitrogen functional groups attached to an aromatic ring is 1. The molecule has 0 radical (unpaired) electrons. The molecule has 1 aliphatic rings. The topological polar surface area (TPSA) is 81.1 Å². The summed E-state index contributed by atoms with van der Waals surface area (Å²) in [5.74, 6) is -0.834. The van der Waals surface area contributed by atoms with Gasteiger partial charge in [-0.1, -0.05) is 0 Å². The van der Waals surface area contributed by atoms with E-state index < -0.39 is 11.5 Å². The number of hydrogen-bond acceptors (Lipinski definition) is 4. The minimum absolute atomic E-state index is 0.0581. The van der Waals surface area contributed by atoms with Gasteiger partial charge in [-0.05, 0) is 18.8 Å². The average Bonchev–Trinajstić information content (AvgIpc) is 2.12. The van der Waals surface area contributed by atoms with E-state index in [-0.39, 0.29) is 24.4 Å². The first kappa shape index (κ1) is 10.1. The van der Waals surface area contributed by atoms with Crippen molar-refractivity contribution in [2.45, 2.75) is 18.9 Å². The average molecular weight is 213 g/mol. The van der Waals surface area contributed by atoms with Crippen LogP contribution in [0.3, 0.4) is 0 Å². The Balaban J connectivity index is 2.23. The van der Waals surface area contributed by atoms with Gasteiger partial charge in [-0.2, -0.15) is 4.98 Å². The summed E-state index contributed by atoms with van der Waals surface area (Å²) < 4.78 is 14.3. The highest BCUT2D eigenvalue weighted by atomic mass is 19.1. The van der Waals surface area contributed by atoms with E-state index in [1.807, 2.05) is 0 Å². The molecule has 1 heterocycles. The minimum Gasteiger partial charge on any atom is -0.396 e. The fourth-order valence-corrected chi connectivity index (χ4v) is 1.80. The van der Waals surface area contributed by atoms with Crippen molar-refractivity contribution in [2.75, 3.05) is 12.3 Å². The van der Waals surface area contributed by atoms with E-state index in [0.717, 1.165) is 6.20 Å². The van der Waals surface area contributed by atoms with Gasteiger partial charge in [0.25, 0.3) is 0 Å². The first-order chi connectivity index (χ1) is 7.11. The Bertz CT molecular complexity index is 426. The van der Waals surface area contributed by atoms with Gasteiger partial charge in [-0.15, -0.1) is 0 Å². The predicted molar refractivity (Wildman–Crippen MR) is 51.7 cm³/mol. The number of aliphatic hydroxyl groups is 1. The molecular formula is C9H12FN3O2. The molecule has 0 aliphatic heterocycles. The Kier molecular flexibility index (Phi) is 2.44. The Morgan fingerprint density at radius 1 is 1.67 bits per heavy atom. The molecule has 0 amide bonds. The highest BCUT2D eigenvalue weighted by Gasteiger charge is 2.30. The van der Waals surface area contributed by atoms with Gasteiger partial charge in [0.1, 0.15) is 0 Å². The SMILES string of the molecule is Nc1nc(=O)n([C@H]2C[C@@H](CO)C2)cc1F. The fraction of sp³-hybridized carbons (Fsp3) is 0.556. The van der Waals surface area contributed by atoms with E-state index in [4.69, 9.17) is 10.8 Å². The molecule has 6 heteroatoms. The van der Waals surface area contributed by atoms with Crippen LogP contribution in [-0.4, -0.2) is 21.3 Å². The second-order valence-corrected chi connectivity index (χ2v) is 3.84. The minimum atomic E-state index is -0.679. The maximum atomic E-state index is 13.1. The van der Waals surface area contributed by atoms with Gasteiger partial charge < -0.3 is 10.8 Å². The summed E-state index contributed by atoms with van der Waals surface area (Å²) in [5.41, 5.74) is 4.63. The van der Waals surface area contributed by atoms with Crippen LogP contribution in [0, 0.1) is 11.7 Å². The number of nitrogens with zero attached hydrogens (tertiary/aromatic N) is 2. The zero-order valence-corrected chi connectivity index (χ0v) is 8.06. The molecule has 0 unspecified atom stereocenters. The lowest BCUT2D eigenvalue weighted by molar-refractivity contribution is 0.109. The van der Waals surface area contributed by atoms with Crippen LogP contribution in [0.5, 0.6) is 0 Å². The van der Waals surface area contributed by atoms with Crippen LogP contribution >= 0.6 is 0 Å². The number of halogens is 1. The van der Waals surface area contributed by atoms with Crippen molar-refractivity contribution in [1.29, 1.82) is 0 Å². The smallest absolute Gasteiger partial charge is 0.349 e. The highest BCUT2D eigenvalue weighted by molar-refractivity contribution is 5.26. The maximum absolute atomic E-state index is 13.1. The second-order valence-electron chi connectivity index (χ2n) is 3.84. The van der Waals surface area contributed by atoms with Gasteiger partial charge >= 0.3 is 5.69 Å². The molecule has 0 bridgehead atoms. The maximum Gasteiger partial charge on any atom is 0.349 e. The summed E-state index contributed by atoms with van der Waals surface area (Å²) >= 11 is 0. The van der Waals surface area contributed by atoms with Crippen molar-refractivity contribution >= 4 is 5.82 Å². The van der Waals surface area contributed by atoms with Crippen LogP contribution in [0.2, 0.25) is 0 Å². The third-order valence-electron chi connectivity index (χ3n) is 2.80. The van der Waals surface area contributed by atoms with Crippen LogP contribution in [0.25, 0.3) is 0 Å². The summed E-state index contributed by atoms with van der Waals surface area (Å²) in [7, 11) is 0. The normalized spacial score (nSPS) is 24.9. The Morgan fingerprint density at radius 3 is 2.93 bits per heavy atom. The zero-order valence-electron chi connectivity index (χ0n) is 8.06. The Labute approximate surface area is 85.4 Å². The third-order valence-corrected chi connectivity index (χ3v) is 2.80. The molecule has 3 N–H and O–H groups in total. The quantitative estimate of drug-likeness (QED) is 0.719. The van der Waals surface area contributed by atoms with Crippen LogP contribution in [0.4, 0.5) is 10.2 Å². The summed E-state index contributed by atoms with van der Waals surface area (Å²) in [5, 5.41) is 8.82. The molecular weight excluding hydrogens is 201 g/mol. The van der Waals surface area contributed by atoms with Crippen molar-refractivity contribution in [3.63, 3.8) is 0 Å². The van der Waals surface area contributed by atoms with Gasteiger partial charge in [0.2, 0.25) is 0 Å². The lowest BCUT2D eigenvalue weighted by Crippen LogP contribution is -2.36. The summed E-state index contributed by atoms with van der Waals surface area (Å²) in [4.78, 5) is 14.7. The van der Waals surface area contributed by atoms with Crippen LogP contribution in [-0.2, 0) is 0 Å². The van der Waals surface area contributed by atoms with E-state index in [2.05, 4.69) is 4.98 Å². The van der Waals surface area contributed by atoms with Gasteiger partial charge in [0.15, 0.2) is 11.6 Å². The number of aliphatic hydroxyl groups excluding tert-OH is 1. The van der Waals surface area contributed by atoms with Crippen LogP contribution in [0.1, 0.15) is 18.9 Å². The van der Waals surface area contributed by atoms with Crippen molar-refractivity contribution in [1.82, 2.24) is 9.55 Å². The first-order valence-electron chi connectivity index (χ1n) is 4.77. The van der Waals surface area contributed by atoms with Crippen molar-refractivity contribution in [2.24, 2.45) is 5.92 Å². The lowest BCUT2D eigenvalue weighted by atomic mass is 9.81. The standard InChI is InChI=1S/C9H12FN3O2/c10-7-3-13(9(15)12-8(7)11)6-1-5(2-6)4-14/h3,5-6,14H,1-2,4H2,(H2,11,12,15)/t5-,6+. The summed E-state index contributed by atoms with van der Waals surface area (Å²) in [6.45, 7) is 0.107. The molecule has 82 valence electrons. The number of aromatic nitrogens is 2. The Morgan fingerprint density at radius 2 is 2.33 bits per heavy atom. The Hall–Kier alpha value is -1.43. The monoisotopic (exact) mass is 213 g/mol. The van der Waals surface area contributed by atoms with Gasteiger partial charge in [0.05, 0.1) is 0 Å². The molecule has 0 saturated heterocycles. The highest BCUT2D eigenvalue weighted by Crippen LogP contribution is 2.36. The van der Waals surface area contributed by atoms with E-state index >= 15 is 0 Å². The van der Waals surface area contributed by atoms with Crippen molar-refractivity contribution in [3.8, 4) is 0 Å². The molecule has 1 fully saturated rings. The lowest BCUT2D eigenvalue weighted by Gasteiger charge is -2.34. The van der Waals surface area contributed by atoms with E-state index in [0.29, 0.717) is 12.8 Å². The fourth-order valence-electron chi connectivity index (χ4n) is 1.80. The first-order valence-corrected chi connectivity index (χ1v) is 4.77. The number of rotatable bonds is 2. The molecule has 15 heavy (non-hydrogen) atoms. The van der Waals surface area contributed by atoms with E-state index in [1.54, 1.807) is 0 Å². The summed E-state index contributed by atoms with van der Waals surface area (Å²) in [6, 6.07) is -0.0581. The van der Waals surface area contributed by atoms with E-state index in [1.165, 1.54) is 4.57 Å². The molecule has 1 aromatic heterocycles. The zero-order chi connectivity index (χ0) is 11.0. The molecule has 2 rings (SSSR count). The molecule has 0 spiro atoms. The summed E-state index contributed by atoms with van der Waals surface area (Å²) in [6.07, 6.45) is 2.45. The molecule has 0 aromatic carbocycles. The molecule has 1 aromatic rings. The van der Waals surface area contributed by atoms with E-state index in [9.17, 15) is 9.18 Å². The number of nitrogens with two attached hydrogens (primary N) is 1. The largest absolute Gasteiger partial charge is 0.396 e. The van der Waals surface area contributed by atoms with Crippen LogP contribution in [0.15, 0.2) is 11.0 Å². The van der Waals surface area contributed by atoms with Crippen molar-refractivity contribution < 1.29 is 9.50 Å². The van der Waals surface area contributed by atoms with Gasteiger partial charge in [-0.25, -0.2) is 9.18 Å². The third kappa shape index (κ3) is 1.72. The molecule has 1 saturated carbocycles. The molecule has 5 nitrogen and oxygen atoms in total. The van der Waals surface area contributed by atoms with Crippen molar-refractivity contribution in [3.05, 3.63) is 22.5 Å². The van der Waals surface area contributed by atoms with Gasteiger partial charge in [-0.3, -0.25) is 4.57 Å². The molecule has 1 aliphatic carbocycles. The second kappa shape index (κ2) is 3.62. The molecule has 0 atom stereocenters. The predicted octanol–water partition coefficient (Wildman–Crippen LogP) is -0.0920. The van der Waals surface area contributed by atoms with Crippen LogP contribution < -0.4 is 11.4 Å². The number of hydrogen-bond donors (Lipinski definition) is 2.